The van der Waals surface area contributed by atoms with Crippen molar-refractivity contribution in [1.29, 1.82) is 0 Å². The summed E-state index contributed by atoms with van der Waals surface area (Å²) in [6.45, 7) is 4.19. The minimum absolute atomic E-state index is 0.0187. The van der Waals surface area contributed by atoms with E-state index in [0.29, 0.717) is 16.8 Å². The highest BCUT2D eigenvalue weighted by Crippen LogP contribution is 2.27. The first-order valence-corrected chi connectivity index (χ1v) is 9.75. The summed E-state index contributed by atoms with van der Waals surface area (Å²) in [5, 5.41) is 2.90. The fraction of sp³-hybridized carbons (Fsp3) is 0.333. The van der Waals surface area contributed by atoms with Crippen molar-refractivity contribution in [2.75, 3.05) is 5.32 Å². The Morgan fingerprint density at radius 3 is 2.42 bits per heavy atom. The number of piperidine rings is 1. The number of nitrogens with one attached hydrogen (secondary N) is 1. The molecule has 2 atom stereocenters. The van der Waals surface area contributed by atoms with Gasteiger partial charge in [0.2, 0.25) is 0 Å². The van der Waals surface area contributed by atoms with Crippen LogP contribution in [0.25, 0.3) is 0 Å². The zero-order valence-electron chi connectivity index (χ0n) is 15.0. The topological polar surface area (TPSA) is 49.4 Å². The number of nitrogens with zero attached hydrogens (tertiary/aromatic N) is 1. The van der Waals surface area contributed by atoms with E-state index in [2.05, 4.69) is 35.1 Å². The Morgan fingerprint density at radius 2 is 1.73 bits per heavy atom. The highest BCUT2D eigenvalue weighted by Gasteiger charge is 2.30. The summed E-state index contributed by atoms with van der Waals surface area (Å²) in [6.07, 6.45) is 3.18. The van der Waals surface area contributed by atoms with Gasteiger partial charge in [0.05, 0.1) is 11.3 Å². The zero-order valence-corrected chi connectivity index (χ0v) is 16.6. The average Bonchev–Trinajstić information content (AvgIpc) is 2.62. The summed E-state index contributed by atoms with van der Waals surface area (Å²) in [5.74, 6) is -0.249. The van der Waals surface area contributed by atoms with Crippen LogP contribution in [0.1, 0.15) is 53.8 Å². The molecular weight excluding hydrogens is 392 g/mol. The molecular formula is C21H23BrN2O2. The second-order valence-electron chi connectivity index (χ2n) is 6.85. The number of benzene rings is 2. The van der Waals surface area contributed by atoms with Crippen LogP contribution in [-0.4, -0.2) is 28.8 Å². The second kappa shape index (κ2) is 8.04. The molecule has 3 rings (SSSR count). The lowest BCUT2D eigenvalue weighted by Gasteiger charge is -2.39. The second-order valence-corrected chi connectivity index (χ2v) is 7.77. The molecule has 2 aromatic carbocycles. The van der Waals surface area contributed by atoms with E-state index in [1.807, 2.05) is 29.2 Å². The van der Waals surface area contributed by atoms with E-state index >= 15 is 0 Å². The third-order valence-electron chi connectivity index (χ3n) is 4.92. The van der Waals surface area contributed by atoms with Crippen LogP contribution in [0.5, 0.6) is 0 Å². The lowest BCUT2D eigenvalue weighted by atomic mass is 9.96. The van der Waals surface area contributed by atoms with Gasteiger partial charge in [0.15, 0.2) is 0 Å². The van der Waals surface area contributed by atoms with E-state index in [1.165, 1.54) is 0 Å². The van der Waals surface area contributed by atoms with Gasteiger partial charge in [-0.3, -0.25) is 9.59 Å². The van der Waals surface area contributed by atoms with Crippen LogP contribution in [0.15, 0.2) is 53.0 Å². The van der Waals surface area contributed by atoms with Gasteiger partial charge in [-0.15, -0.1) is 0 Å². The third-order valence-corrected chi connectivity index (χ3v) is 5.41. The molecule has 0 radical (unpaired) electrons. The van der Waals surface area contributed by atoms with E-state index in [1.54, 1.807) is 24.3 Å². The maximum absolute atomic E-state index is 13.2. The minimum Gasteiger partial charge on any atom is -0.333 e. The fourth-order valence-electron chi connectivity index (χ4n) is 3.56. The number of amides is 2. The van der Waals surface area contributed by atoms with Crippen molar-refractivity contribution in [3.05, 3.63) is 64.1 Å². The van der Waals surface area contributed by atoms with E-state index in [9.17, 15) is 9.59 Å². The molecule has 0 unspecified atom stereocenters. The summed E-state index contributed by atoms with van der Waals surface area (Å²) in [5.41, 5.74) is 1.63. The number of likely N-dealkylation sites (tertiary alicyclic amines) is 1. The lowest BCUT2D eigenvalue weighted by Crippen LogP contribution is -2.47. The van der Waals surface area contributed by atoms with Gasteiger partial charge in [0, 0.05) is 22.1 Å². The molecule has 1 aliphatic heterocycles. The van der Waals surface area contributed by atoms with Crippen molar-refractivity contribution in [1.82, 2.24) is 4.90 Å². The average molecular weight is 415 g/mol. The Kier molecular flexibility index (Phi) is 5.77. The highest BCUT2D eigenvalue weighted by molar-refractivity contribution is 9.10. The Bertz CT molecular complexity index is 811. The van der Waals surface area contributed by atoms with E-state index in [0.717, 1.165) is 23.7 Å². The SMILES string of the molecule is C[C@@H]1CCC[C@H](C)N1C(=O)c1ccccc1NC(=O)c1cccc(Br)c1. The van der Waals surface area contributed by atoms with Gasteiger partial charge in [0.25, 0.3) is 11.8 Å². The van der Waals surface area contributed by atoms with Crippen molar-refractivity contribution in [3.63, 3.8) is 0 Å². The Labute approximate surface area is 162 Å². The number of hydrogen-bond donors (Lipinski definition) is 1. The smallest absolute Gasteiger partial charge is 0.256 e. The van der Waals surface area contributed by atoms with Crippen LogP contribution < -0.4 is 5.32 Å². The van der Waals surface area contributed by atoms with Crippen LogP contribution in [-0.2, 0) is 0 Å². The molecule has 2 aromatic rings. The summed E-state index contributed by atoms with van der Waals surface area (Å²) in [6, 6.07) is 14.8. The maximum atomic E-state index is 13.2. The molecule has 0 aliphatic carbocycles. The highest BCUT2D eigenvalue weighted by atomic mass is 79.9. The number of carbonyl (C=O) groups is 2. The van der Waals surface area contributed by atoms with Crippen LogP contribution in [0.4, 0.5) is 5.69 Å². The van der Waals surface area contributed by atoms with Crippen molar-refractivity contribution in [2.24, 2.45) is 0 Å². The molecule has 0 bridgehead atoms. The van der Waals surface area contributed by atoms with Crippen molar-refractivity contribution >= 4 is 33.4 Å². The molecule has 1 heterocycles. The predicted molar refractivity (Wildman–Crippen MR) is 107 cm³/mol. The standard InChI is InChI=1S/C21H23BrN2O2/c1-14-7-5-8-15(2)24(14)21(26)18-11-3-4-12-19(18)23-20(25)16-9-6-10-17(22)13-16/h3-4,6,9-15H,5,7-8H2,1-2H3,(H,23,25)/t14-,15+. The van der Waals surface area contributed by atoms with Crippen LogP contribution in [0.2, 0.25) is 0 Å². The molecule has 0 saturated carbocycles. The first-order chi connectivity index (χ1) is 12.5. The number of halogens is 1. The van der Waals surface area contributed by atoms with Gasteiger partial charge < -0.3 is 10.2 Å². The summed E-state index contributed by atoms with van der Waals surface area (Å²) < 4.78 is 0.838. The van der Waals surface area contributed by atoms with Crippen molar-refractivity contribution < 1.29 is 9.59 Å². The van der Waals surface area contributed by atoms with E-state index in [-0.39, 0.29) is 23.9 Å². The number of hydrogen-bond acceptors (Lipinski definition) is 2. The number of rotatable bonds is 3. The number of carbonyl (C=O) groups excluding carboxylic acids is 2. The summed E-state index contributed by atoms with van der Waals surface area (Å²) in [4.78, 5) is 27.7. The molecule has 4 nitrogen and oxygen atoms in total. The lowest BCUT2D eigenvalue weighted by molar-refractivity contribution is 0.0512. The zero-order chi connectivity index (χ0) is 18.7. The predicted octanol–water partition coefficient (Wildman–Crippen LogP) is 5.10. The Hall–Kier alpha value is -2.14. The van der Waals surface area contributed by atoms with Gasteiger partial charge in [-0.05, 0) is 63.4 Å². The van der Waals surface area contributed by atoms with E-state index < -0.39 is 0 Å². The molecule has 1 N–H and O–H groups in total. The van der Waals surface area contributed by atoms with Crippen LogP contribution in [0, 0.1) is 0 Å². The molecule has 26 heavy (non-hydrogen) atoms. The summed E-state index contributed by atoms with van der Waals surface area (Å²) in [7, 11) is 0. The van der Waals surface area contributed by atoms with Gasteiger partial charge in [-0.2, -0.15) is 0 Å². The van der Waals surface area contributed by atoms with Crippen LogP contribution in [0.3, 0.4) is 0 Å². The van der Waals surface area contributed by atoms with Gasteiger partial charge >= 0.3 is 0 Å². The summed E-state index contributed by atoms with van der Waals surface area (Å²) >= 11 is 3.38. The normalized spacial score (nSPS) is 19.9. The maximum Gasteiger partial charge on any atom is 0.256 e. The van der Waals surface area contributed by atoms with E-state index in [4.69, 9.17) is 0 Å². The van der Waals surface area contributed by atoms with Gasteiger partial charge in [-0.25, -0.2) is 0 Å². The quantitative estimate of drug-likeness (QED) is 0.758. The molecule has 1 saturated heterocycles. The molecule has 5 heteroatoms. The number of para-hydroxylation sites is 1. The molecule has 0 spiro atoms. The monoisotopic (exact) mass is 414 g/mol. The third kappa shape index (κ3) is 3.98. The van der Waals surface area contributed by atoms with Crippen molar-refractivity contribution in [3.8, 4) is 0 Å². The molecule has 1 fully saturated rings. The Balaban J connectivity index is 1.86. The molecule has 2 amide bonds. The largest absolute Gasteiger partial charge is 0.333 e. The first-order valence-electron chi connectivity index (χ1n) is 8.96. The van der Waals surface area contributed by atoms with Crippen molar-refractivity contribution in [2.45, 2.75) is 45.2 Å². The molecule has 1 aliphatic rings. The van der Waals surface area contributed by atoms with Gasteiger partial charge in [0.1, 0.15) is 0 Å². The fourth-order valence-corrected chi connectivity index (χ4v) is 3.96. The first kappa shape index (κ1) is 18.6. The molecule has 0 aromatic heterocycles. The Morgan fingerprint density at radius 1 is 1.04 bits per heavy atom. The van der Waals surface area contributed by atoms with Crippen LogP contribution >= 0.6 is 15.9 Å². The molecule has 136 valence electrons. The van der Waals surface area contributed by atoms with Gasteiger partial charge in [-0.1, -0.05) is 34.1 Å². The minimum atomic E-state index is -0.230. The number of anilines is 1.